The predicted molar refractivity (Wildman–Crippen MR) is 85.8 cm³/mol. The molecule has 0 saturated heterocycles. The molecule has 2 atom stereocenters. The summed E-state index contributed by atoms with van der Waals surface area (Å²) in [6, 6.07) is 11.5. The van der Waals surface area contributed by atoms with Gasteiger partial charge in [0.25, 0.3) is 0 Å². The molecule has 2 aromatic rings. The molecule has 0 aliphatic heterocycles. The number of hydrogen-bond donors (Lipinski definition) is 2. The molecule has 3 rings (SSSR count). The molecule has 108 valence electrons. The number of allylic oxidation sites excluding steroid dienone is 1. The van der Waals surface area contributed by atoms with Crippen LogP contribution in [0.3, 0.4) is 0 Å². The van der Waals surface area contributed by atoms with Crippen molar-refractivity contribution in [2.45, 2.75) is 15.9 Å². The van der Waals surface area contributed by atoms with Crippen LogP contribution in [-0.2, 0) is 0 Å². The fourth-order valence-corrected chi connectivity index (χ4v) is 3.76. The van der Waals surface area contributed by atoms with Crippen LogP contribution in [0.15, 0.2) is 76.0 Å². The highest BCUT2D eigenvalue weighted by molar-refractivity contribution is 8.00. The molecule has 0 radical (unpaired) electrons. The summed E-state index contributed by atoms with van der Waals surface area (Å²) in [5.41, 5.74) is 0. The standard InChI is InChI=1S/C16H14O3S2/c17-12-6-7-15(18)16(10-12,19-13-8-9-20-11-13)21-14-4-2-1-3-5-14/h1-11,15,17-18H. The summed E-state index contributed by atoms with van der Waals surface area (Å²) in [6.07, 6.45) is 3.70. The molecule has 0 fully saturated rings. The summed E-state index contributed by atoms with van der Waals surface area (Å²) in [5, 5.41) is 24.0. The quantitative estimate of drug-likeness (QED) is 0.837. The zero-order valence-electron chi connectivity index (χ0n) is 11.0. The first-order valence-electron chi connectivity index (χ1n) is 6.41. The van der Waals surface area contributed by atoms with Gasteiger partial charge in [0.15, 0.2) is 0 Å². The molecule has 5 heteroatoms. The van der Waals surface area contributed by atoms with Crippen molar-refractivity contribution in [2.75, 3.05) is 0 Å². The summed E-state index contributed by atoms with van der Waals surface area (Å²) in [7, 11) is 0. The summed E-state index contributed by atoms with van der Waals surface area (Å²) >= 11 is 2.88. The molecule has 2 N–H and O–H groups in total. The largest absolute Gasteiger partial charge is 0.508 e. The lowest BCUT2D eigenvalue weighted by Crippen LogP contribution is -2.43. The van der Waals surface area contributed by atoms with Crippen molar-refractivity contribution in [3.63, 3.8) is 0 Å². The van der Waals surface area contributed by atoms with E-state index in [-0.39, 0.29) is 5.76 Å². The van der Waals surface area contributed by atoms with Crippen LogP contribution < -0.4 is 4.74 Å². The third-order valence-electron chi connectivity index (χ3n) is 3.00. The highest BCUT2D eigenvalue weighted by atomic mass is 32.2. The van der Waals surface area contributed by atoms with E-state index in [4.69, 9.17) is 4.74 Å². The molecular formula is C16H14O3S2. The number of rotatable bonds is 4. The molecule has 1 aliphatic rings. The molecule has 0 amide bonds. The molecule has 0 spiro atoms. The number of benzene rings is 1. The zero-order chi connectivity index (χ0) is 14.7. The minimum absolute atomic E-state index is 0.0824. The van der Waals surface area contributed by atoms with Gasteiger partial charge in [0, 0.05) is 16.4 Å². The van der Waals surface area contributed by atoms with Crippen LogP contribution in [0.5, 0.6) is 5.75 Å². The third kappa shape index (κ3) is 3.15. The highest BCUT2D eigenvalue weighted by Gasteiger charge is 2.41. The van der Waals surface area contributed by atoms with E-state index in [1.165, 1.54) is 35.3 Å². The molecule has 1 heterocycles. The second kappa shape index (κ2) is 5.97. The molecule has 21 heavy (non-hydrogen) atoms. The fourth-order valence-electron chi connectivity index (χ4n) is 2.03. The third-order valence-corrected chi connectivity index (χ3v) is 4.93. The van der Waals surface area contributed by atoms with E-state index in [1.807, 2.05) is 47.2 Å². The van der Waals surface area contributed by atoms with E-state index in [0.29, 0.717) is 5.75 Å². The first-order chi connectivity index (χ1) is 10.2. The maximum atomic E-state index is 10.4. The number of thiophene rings is 1. The molecule has 3 nitrogen and oxygen atoms in total. The second-order valence-corrected chi connectivity index (χ2v) is 6.66. The van der Waals surface area contributed by atoms with Crippen molar-refractivity contribution in [1.29, 1.82) is 0 Å². The van der Waals surface area contributed by atoms with Gasteiger partial charge in [-0.15, -0.1) is 11.3 Å². The van der Waals surface area contributed by atoms with Crippen molar-refractivity contribution >= 4 is 23.1 Å². The van der Waals surface area contributed by atoms with Gasteiger partial charge in [-0.05, 0) is 35.7 Å². The van der Waals surface area contributed by atoms with Gasteiger partial charge >= 0.3 is 0 Å². The van der Waals surface area contributed by atoms with Gasteiger partial charge in [-0.25, -0.2) is 0 Å². The Bertz CT molecular complexity index is 649. The number of aliphatic hydroxyl groups excluding tert-OH is 2. The Morgan fingerprint density at radius 1 is 1.19 bits per heavy atom. The Kier molecular flexibility index (Phi) is 4.05. The highest BCUT2D eigenvalue weighted by Crippen LogP contribution is 2.42. The van der Waals surface area contributed by atoms with Crippen molar-refractivity contribution in [3.8, 4) is 5.75 Å². The van der Waals surface area contributed by atoms with Crippen molar-refractivity contribution in [2.24, 2.45) is 0 Å². The molecule has 0 saturated carbocycles. The first kappa shape index (κ1) is 14.3. The van der Waals surface area contributed by atoms with Gasteiger partial charge in [-0.2, -0.15) is 0 Å². The van der Waals surface area contributed by atoms with E-state index < -0.39 is 11.0 Å². The van der Waals surface area contributed by atoms with Crippen LogP contribution in [0, 0.1) is 0 Å². The lowest BCUT2D eigenvalue weighted by atomic mass is 10.1. The lowest BCUT2D eigenvalue weighted by molar-refractivity contribution is 0.0687. The molecule has 1 aromatic heterocycles. The Balaban J connectivity index is 1.96. The maximum absolute atomic E-state index is 10.4. The average Bonchev–Trinajstić information content (AvgIpc) is 2.97. The lowest BCUT2D eigenvalue weighted by Gasteiger charge is -2.35. The number of thioether (sulfide) groups is 1. The van der Waals surface area contributed by atoms with Gasteiger partial charge in [0.1, 0.15) is 17.6 Å². The van der Waals surface area contributed by atoms with Crippen LogP contribution in [-0.4, -0.2) is 21.3 Å². The number of hydrogen-bond acceptors (Lipinski definition) is 5. The van der Waals surface area contributed by atoms with Crippen molar-refractivity contribution in [3.05, 3.63) is 71.1 Å². The topological polar surface area (TPSA) is 49.7 Å². The minimum Gasteiger partial charge on any atom is -0.508 e. The molecular weight excluding hydrogens is 304 g/mol. The predicted octanol–water partition coefficient (Wildman–Crippen LogP) is 3.99. The van der Waals surface area contributed by atoms with E-state index >= 15 is 0 Å². The van der Waals surface area contributed by atoms with Gasteiger partial charge in [-0.3, -0.25) is 0 Å². The average molecular weight is 318 g/mol. The van der Waals surface area contributed by atoms with Crippen LogP contribution >= 0.6 is 23.1 Å². The Morgan fingerprint density at radius 3 is 2.71 bits per heavy atom. The van der Waals surface area contributed by atoms with E-state index in [1.54, 1.807) is 6.08 Å². The normalized spacial score (nSPS) is 24.6. The van der Waals surface area contributed by atoms with Gasteiger partial charge in [0.2, 0.25) is 4.93 Å². The van der Waals surface area contributed by atoms with Crippen LogP contribution in [0.4, 0.5) is 0 Å². The summed E-state index contributed by atoms with van der Waals surface area (Å²) in [4.78, 5) is -0.132. The minimum atomic E-state index is -1.08. The van der Waals surface area contributed by atoms with Crippen molar-refractivity contribution < 1.29 is 14.9 Å². The zero-order valence-corrected chi connectivity index (χ0v) is 12.7. The van der Waals surface area contributed by atoms with Gasteiger partial charge in [-0.1, -0.05) is 30.0 Å². The maximum Gasteiger partial charge on any atom is 0.210 e. The van der Waals surface area contributed by atoms with E-state index in [9.17, 15) is 10.2 Å². The second-order valence-electron chi connectivity index (χ2n) is 4.57. The Hall–Kier alpha value is -1.69. The molecule has 1 aliphatic carbocycles. The van der Waals surface area contributed by atoms with E-state index in [0.717, 1.165) is 4.90 Å². The molecule has 2 unspecified atom stereocenters. The smallest absolute Gasteiger partial charge is 0.210 e. The SMILES string of the molecule is OC1=CC(Oc2ccsc2)(Sc2ccccc2)C(O)C=C1. The summed E-state index contributed by atoms with van der Waals surface area (Å²) in [6.45, 7) is 0. The molecule has 1 aromatic carbocycles. The Labute approximate surface area is 131 Å². The van der Waals surface area contributed by atoms with Gasteiger partial charge in [0.05, 0.1) is 0 Å². The summed E-state index contributed by atoms with van der Waals surface area (Å²) < 4.78 is 6.01. The number of aliphatic hydroxyl groups is 2. The van der Waals surface area contributed by atoms with E-state index in [2.05, 4.69) is 0 Å². The van der Waals surface area contributed by atoms with Gasteiger partial charge < -0.3 is 14.9 Å². The monoisotopic (exact) mass is 318 g/mol. The van der Waals surface area contributed by atoms with Crippen LogP contribution in [0.2, 0.25) is 0 Å². The van der Waals surface area contributed by atoms with Crippen molar-refractivity contribution in [1.82, 2.24) is 0 Å². The Morgan fingerprint density at radius 2 is 2.00 bits per heavy atom. The molecule has 0 bridgehead atoms. The number of ether oxygens (including phenoxy) is 1. The fraction of sp³-hybridized carbons (Fsp3) is 0.125. The first-order valence-corrected chi connectivity index (χ1v) is 8.17. The van der Waals surface area contributed by atoms with Crippen LogP contribution in [0.25, 0.3) is 0 Å². The van der Waals surface area contributed by atoms with Crippen LogP contribution in [0.1, 0.15) is 0 Å². The summed E-state index contributed by atoms with van der Waals surface area (Å²) in [5.74, 6) is 0.751.